The first-order chi connectivity index (χ1) is 6.68. The zero-order valence-electron chi connectivity index (χ0n) is 7.73. The normalized spacial score (nSPS) is 9.60. The molecule has 5 N–H and O–H groups in total. The maximum absolute atomic E-state index is 11.2. The van der Waals surface area contributed by atoms with Gasteiger partial charge in [-0.05, 0) is 18.2 Å². The SMILES string of the molecule is N.O=C(O)c1ccc2c(=O)[nH]cnc2c1. The van der Waals surface area contributed by atoms with Crippen LogP contribution in [0.2, 0.25) is 0 Å². The zero-order valence-corrected chi connectivity index (χ0v) is 7.73. The van der Waals surface area contributed by atoms with E-state index in [2.05, 4.69) is 9.97 Å². The lowest BCUT2D eigenvalue weighted by Crippen LogP contribution is -2.07. The molecule has 6 heteroatoms. The number of carboxylic acids is 1. The fourth-order valence-electron chi connectivity index (χ4n) is 1.20. The highest BCUT2D eigenvalue weighted by atomic mass is 16.4. The molecule has 15 heavy (non-hydrogen) atoms. The second-order valence-corrected chi connectivity index (χ2v) is 2.77. The number of benzene rings is 1. The number of nitrogens with one attached hydrogen (secondary N) is 1. The van der Waals surface area contributed by atoms with Gasteiger partial charge in [0.25, 0.3) is 5.56 Å². The molecule has 1 aromatic heterocycles. The highest BCUT2D eigenvalue weighted by Crippen LogP contribution is 2.08. The van der Waals surface area contributed by atoms with Gasteiger partial charge in [0, 0.05) is 0 Å². The molecule has 78 valence electrons. The van der Waals surface area contributed by atoms with E-state index in [0.717, 1.165) is 0 Å². The van der Waals surface area contributed by atoms with Crippen molar-refractivity contribution in [2.75, 3.05) is 0 Å². The van der Waals surface area contributed by atoms with Gasteiger partial charge >= 0.3 is 5.97 Å². The Bertz CT molecular complexity index is 562. The van der Waals surface area contributed by atoms with E-state index in [1.165, 1.54) is 24.5 Å². The van der Waals surface area contributed by atoms with E-state index in [9.17, 15) is 9.59 Å². The summed E-state index contributed by atoms with van der Waals surface area (Å²) in [5, 5.41) is 9.09. The summed E-state index contributed by atoms with van der Waals surface area (Å²) in [7, 11) is 0. The fourth-order valence-corrected chi connectivity index (χ4v) is 1.20. The van der Waals surface area contributed by atoms with Crippen molar-refractivity contribution >= 4 is 16.9 Å². The number of rotatable bonds is 1. The Balaban J connectivity index is 0.00000112. The van der Waals surface area contributed by atoms with Crippen molar-refractivity contribution in [2.24, 2.45) is 0 Å². The molecule has 2 rings (SSSR count). The van der Waals surface area contributed by atoms with Gasteiger partial charge in [0.1, 0.15) is 0 Å². The monoisotopic (exact) mass is 207 g/mol. The van der Waals surface area contributed by atoms with Crippen molar-refractivity contribution in [1.82, 2.24) is 16.1 Å². The number of aromatic amines is 1. The van der Waals surface area contributed by atoms with E-state index < -0.39 is 5.97 Å². The van der Waals surface area contributed by atoms with Crippen molar-refractivity contribution in [3.63, 3.8) is 0 Å². The van der Waals surface area contributed by atoms with Crippen LogP contribution in [-0.2, 0) is 0 Å². The summed E-state index contributed by atoms with van der Waals surface area (Å²) in [4.78, 5) is 28.1. The smallest absolute Gasteiger partial charge is 0.335 e. The van der Waals surface area contributed by atoms with E-state index in [-0.39, 0.29) is 17.3 Å². The molecule has 0 unspecified atom stereocenters. The highest BCUT2D eigenvalue weighted by Gasteiger charge is 2.05. The van der Waals surface area contributed by atoms with Gasteiger partial charge in [0.2, 0.25) is 0 Å². The zero-order chi connectivity index (χ0) is 10.1. The predicted octanol–water partition coefficient (Wildman–Crippen LogP) is 0.783. The molecule has 0 aliphatic carbocycles. The third-order valence-corrected chi connectivity index (χ3v) is 1.89. The third-order valence-electron chi connectivity index (χ3n) is 1.89. The van der Waals surface area contributed by atoms with Crippen molar-refractivity contribution in [1.29, 1.82) is 0 Å². The van der Waals surface area contributed by atoms with Gasteiger partial charge in [0.05, 0.1) is 22.8 Å². The second-order valence-electron chi connectivity index (χ2n) is 2.77. The maximum atomic E-state index is 11.2. The number of H-pyrrole nitrogens is 1. The molecule has 0 amide bonds. The molecule has 1 heterocycles. The van der Waals surface area contributed by atoms with Crippen LogP contribution in [0.3, 0.4) is 0 Å². The Morgan fingerprint density at radius 3 is 2.80 bits per heavy atom. The second kappa shape index (κ2) is 3.89. The summed E-state index contributed by atoms with van der Waals surface area (Å²) in [6, 6.07) is 4.19. The van der Waals surface area contributed by atoms with E-state index in [0.29, 0.717) is 10.9 Å². The van der Waals surface area contributed by atoms with Gasteiger partial charge in [-0.3, -0.25) is 4.79 Å². The molecule has 2 aromatic rings. The molecule has 0 saturated heterocycles. The summed E-state index contributed by atoms with van der Waals surface area (Å²) in [6.45, 7) is 0. The topological polar surface area (TPSA) is 118 Å². The highest BCUT2D eigenvalue weighted by molar-refractivity contribution is 5.92. The Labute approximate surface area is 84.2 Å². The van der Waals surface area contributed by atoms with Gasteiger partial charge in [-0.1, -0.05) is 0 Å². The van der Waals surface area contributed by atoms with Gasteiger partial charge in [-0.2, -0.15) is 0 Å². The fraction of sp³-hybridized carbons (Fsp3) is 0. The van der Waals surface area contributed by atoms with Crippen LogP contribution in [0, 0.1) is 0 Å². The lowest BCUT2D eigenvalue weighted by Gasteiger charge is -1.96. The van der Waals surface area contributed by atoms with Crippen LogP contribution in [0.25, 0.3) is 10.9 Å². The number of nitrogens with zero attached hydrogens (tertiary/aromatic N) is 1. The van der Waals surface area contributed by atoms with Gasteiger partial charge in [0.15, 0.2) is 0 Å². The molecule has 0 aliphatic rings. The third kappa shape index (κ3) is 1.84. The molecule has 0 fully saturated rings. The van der Waals surface area contributed by atoms with Crippen LogP contribution in [0.5, 0.6) is 0 Å². The maximum Gasteiger partial charge on any atom is 0.335 e. The van der Waals surface area contributed by atoms with Gasteiger partial charge < -0.3 is 16.2 Å². The van der Waals surface area contributed by atoms with Gasteiger partial charge in [-0.25, -0.2) is 9.78 Å². The first kappa shape index (κ1) is 10.9. The predicted molar refractivity (Wildman–Crippen MR) is 54.3 cm³/mol. The Morgan fingerprint density at radius 2 is 2.13 bits per heavy atom. The number of carboxylic acid groups (broad SMARTS) is 1. The van der Waals surface area contributed by atoms with E-state index in [4.69, 9.17) is 5.11 Å². The summed E-state index contributed by atoms with van der Waals surface area (Å²) < 4.78 is 0. The summed E-state index contributed by atoms with van der Waals surface area (Å²) >= 11 is 0. The first-order valence-electron chi connectivity index (χ1n) is 3.89. The number of carbonyl (C=O) groups is 1. The van der Waals surface area contributed by atoms with Crippen LogP contribution >= 0.6 is 0 Å². The Kier molecular flexibility index (Phi) is 2.82. The average molecular weight is 207 g/mol. The minimum atomic E-state index is -1.03. The number of fused-ring (bicyclic) bond motifs is 1. The average Bonchev–Trinajstić information content (AvgIpc) is 2.17. The molecular weight excluding hydrogens is 198 g/mol. The van der Waals surface area contributed by atoms with Crippen LogP contribution < -0.4 is 11.7 Å². The first-order valence-corrected chi connectivity index (χ1v) is 3.89. The Morgan fingerprint density at radius 1 is 1.40 bits per heavy atom. The number of hydrogen-bond donors (Lipinski definition) is 3. The quantitative estimate of drug-likeness (QED) is 0.638. The Hall–Kier alpha value is -2.21. The van der Waals surface area contributed by atoms with Crippen LogP contribution in [-0.4, -0.2) is 21.0 Å². The standard InChI is InChI=1S/C9H6N2O3.H3N/c12-8-6-2-1-5(9(13)14)3-7(6)10-4-11-8;/h1-4H,(H,13,14)(H,10,11,12);1H3. The van der Waals surface area contributed by atoms with Crippen LogP contribution in [0.1, 0.15) is 10.4 Å². The van der Waals surface area contributed by atoms with E-state index >= 15 is 0 Å². The van der Waals surface area contributed by atoms with E-state index in [1.807, 2.05) is 0 Å². The number of aromatic nitrogens is 2. The lowest BCUT2D eigenvalue weighted by molar-refractivity contribution is 0.0697. The van der Waals surface area contributed by atoms with Crippen molar-refractivity contribution < 1.29 is 9.90 Å². The summed E-state index contributed by atoms with van der Waals surface area (Å²) in [5.41, 5.74) is 0.233. The minimum Gasteiger partial charge on any atom is -0.478 e. The van der Waals surface area contributed by atoms with Crippen molar-refractivity contribution in [3.8, 4) is 0 Å². The molecule has 0 atom stereocenters. The molecule has 0 aliphatic heterocycles. The van der Waals surface area contributed by atoms with Crippen LogP contribution in [0.4, 0.5) is 0 Å². The molecule has 0 radical (unpaired) electrons. The molecule has 1 aromatic carbocycles. The van der Waals surface area contributed by atoms with Crippen molar-refractivity contribution in [3.05, 3.63) is 40.4 Å². The molecular formula is C9H9N3O3. The summed E-state index contributed by atoms with van der Waals surface area (Å²) in [6.07, 6.45) is 1.25. The number of aromatic carboxylic acids is 1. The molecule has 0 spiro atoms. The van der Waals surface area contributed by atoms with Gasteiger partial charge in [-0.15, -0.1) is 0 Å². The number of hydrogen-bond acceptors (Lipinski definition) is 4. The molecule has 0 bridgehead atoms. The lowest BCUT2D eigenvalue weighted by atomic mass is 10.1. The van der Waals surface area contributed by atoms with E-state index in [1.54, 1.807) is 0 Å². The molecule has 0 saturated carbocycles. The molecule has 6 nitrogen and oxygen atoms in total. The van der Waals surface area contributed by atoms with Crippen LogP contribution in [0.15, 0.2) is 29.3 Å². The largest absolute Gasteiger partial charge is 0.478 e. The minimum absolute atomic E-state index is 0. The van der Waals surface area contributed by atoms with Crippen molar-refractivity contribution in [2.45, 2.75) is 0 Å². The summed E-state index contributed by atoms with van der Waals surface area (Å²) in [5.74, 6) is -1.03.